The van der Waals surface area contributed by atoms with Crippen LogP contribution in [-0.4, -0.2) is 61.0 Å². The first-order chi connectivity index (χ1) is 14.8. The van der Waals surface area contributed by atoms with Gasteiger partial charge in [-0.05, 0) is 30.7 Å². The van der Waals surface area contributed by atoms with Gasteiger partial charge in [0.1, 0.15) is 17.8 Å². The van der Waals surface area contributed by atoms with E-state index in [4.69, 9.17) is 15.4 Å². The zero-order chi connectivity index (χ0) is 23.0. The van der Waals surface area contributed by atoms with Gasteiger partial charge in [-0.15, -0.1) is 0 Å². The minimum atomic E-state index is -1.01. The van der Waals surface area contributed by atoms with Crippen molar-refractivity contribution in [3.8, 4) is 0 Å². The average molecular weight is 433 g/mol. The maximum absolute atomic E-state index is 13.1. The molecule has 1 aromatic carbocycles. The number of hydroxylamine groups is 1. The molecule has 2 atom stereocenters. The number of esters is 1. The van der Waals surface area contributed by atoms with E-state index in [0.717, 1.165) is 37.7 Å². The van der Waals surface area contributed by atoms with Crippen LogP contribution in [-0.2, 0) is 25.5 Å². The first kappa shape index (κ1) is 24.3. The summed E-state index contributed by atoms with van der Waals surface area (Å²) in [5, 5.41) is 19.2. The summed E-state index contributed by atoms with van der Waals surface area (Å²) in [5.74, 6) is -2.52. The minimum absolute atomic E-state index is 0.00321. The van der Waals surface area contributed by atoms with Crippen LogP contribution in [0.1, 0.15) is 43.2 Å². The second kappa shape index (κ2) is 11.5. The van der Waals surface area contributed by atoms with Crippen LogP contribution >= 0.6 is 0 Å². The quantitative estimate of drug-likeness (QED) is 0.162. The van der Waals surface area contributed by atoms with Crippen molar-refractivity contribution >= 4 is 23.6 Å². The van der Waals surface area contributed by atoms with Crippen molar-refractivity contribution in [1.29, 1.82) is 5.41 Å². The van der Waals surface area contributed by atoms with Crippen molar-refractivity contribution in [2.45, 2.75) is 44.6 Å². The summed E-state index contributed by atoms with van der Waals surface area (Å²) in [7, 11) is 4.46. The molecule has 31 heavy (non-hydrogen) atoms. The molecule has 9 heteroatoms. The van der Waals surface area contributed by atoms with Crippen LogP contribution in [0.25, 0.3) is 0 Å². The lowest BCUT2D eigenvalue weighted by molar-refractivity contribution is -0.149. The molecule has 0 saturated heterocycles. The number of amides is 2. The fraction of sp³-hybridized carbons (Fsp3) is 0.545. The summed E-state index contributed by atoms with van der Waals surface area (Å²) in [5.41, 5.74) is 2.96. The molecular formula is C22H32N4O5. The number of nitrogens with one attached hydrogen (secondary N) is 3. The molecule has 0 spiro atoms. The molecule has 1 unspecified atom stereocenters. The molecule has 0 radical (unpaired) electrons. The number of rotatable bonds is 8. The number of hydrogen-bond donors (Lipinski definition) is 4. The Labute approximate surface area is 182 Å². The van der Waals surface area contributed by atoms with Crippen LogP contribution in [0, 0.1) is 17.2 Å². The van der Waals surface area contributed by atoms with Gasteiger partial charge in [0.15, 0.2) is 0 Å². The first-order valence-electron chi connectivity index (χ1n) is 10.5. The number of hydrogen-bond acceptors (Lipinski definition) is 6. The second-order valence-corrected chi connectivity index (χ2v) is 8.08. The van der Waals surface area contributed by atoms with Gasteiger partial charge in [0.05, 0.1) is 7.11 Å². The molecule has 0 aromatic heterocycles. The Hall–Kier alpha value is -2.94. The summed E-state index contributed by atoms with van der Waals surface area (Å²) in [4.78, 5) is 39.7. The predicted octanol–water partition coefficient (Wildman–Crippen LogP) is 1.48. The highest BCUT2D eigenvalue weighted by molar-refractivity contribution is 6.01. The number of ether oxygens (including phenoxy) is 1. The Kier molecular flexibility index (Phi) is 8.99. The van der Waals surface area contributed by atoms with Gasteiger partial charge >= 0.3 is 5.97 Å². The van der Waals surface area contributed by atoms with Crippen LogP contribution in [0.15, 0.2) is 24.3 Å². The summed E-state index contributed by atoms with van der Waals surface area (Å²) >= 11 is 0. The summed E-state index contributed by atoms with van der Waals surface area (Å²) in [6, 6.07) is 5.87. The minimum Gasteiger partial charge on any atom is -0.467 e. The SMILES string of the molecule is COC(=O)C(NC(=O)[C@H](Cc1ccc(C(=N)NO)cc1)C(=O)N(C)C)C1CCCCC1. The molecule has 0 aliphatic heterocycles. The molecule has 4 N–H and O–H groups in total. The highest BCUT2D eigenvalue weighted by atomic mass is 16.5. The number of nitrogens with zero attached hydrogens (tertiary/aromatic N) is 1. The van der Waals surface area contributed by atoms with Crippen molar-refractivity contribution in [2.75, 3.05) is 21.2 Å². The van der Waals surface area contributed by atoms with E-state index in [1.54, 1.807) is 43.8 Å². The van der Waals surface area contributed by atoms with E-state index in [0.29, 0.717) is 5.56 Å². The Morgan fingerprint density at radius 3 is 2.29 bits per heavy atom. The molecule has 1 aliphatic carbocycles. The number of carbonyl (C=O) groups is 3. The lowest BCUT2D eigenvalue weighted by Crippen LogP contribution is -2.51. The Morgan fingerprint density at radius 1 is 1.16 bits per heavy atom. The van der Waals surface area contributed by atoms with E-state index in [-0.39, 0.29) is 24.1 Å². The van der Waals surface area contributed by atoms with Gasteiger partial charge in [0.2, 0.25) is 11.8 Å². The molecule has 0 bridgehead atoms. The zero-order valence-corrected chi connectivity index (χ0v) is 18.3. The predicted molar refractivity (Wildman–Crippen MR) is 115 cm³/mol. The molecule has 170 valence electrons. The van der Waals surface area contributed by atoms with E-state index in [9.17, 15) is 14.4 Å². The fourth-order valence-electron chi connectivity index (χ4n) is 3.93. The molecule has 1 aromatic rings. The highest BCUT2D eigenvalue weighted by Crippen LogP contribution is 2.27. The van der Waals surface area contributed by atoms with Gasteiger partial charge in [0.25, 0.3) is 0 Å². The van der Waals surface area contributed by atoms with Gasteiger partial charge < -0.3 is 15.0 Å². The lowest BCUT2D eigenvalue weighted by atomic mass is 9.83. The maximum Gasteiger partial charge on any atom is 0.328 e. The van der Waals surface area contributed by atoms with Crippen LogP contribution < -0.4 is 10.8 Å². The highest BCUT2D eigenvalue weighted by Gasteiger charge is 2.36. The Bertz CT molecular complexity index is 788. The molecule has 2 amide bonds. The third-order valence-electron chi connectivity index (χ3n) is 5.72. The normalized spacial score (nSPS) is 16.0. The standard InChI is InChI=1S/C22H32N4O5/c1-26(2)21(28)17(13-14-9-11-16(12-10-14)19(23)25-30)20(27)24-18(22(29)31-3)15-7-5-4-6-8-15/h9-12,15,17-18,30H,4-8,13H2,1-3H3,(H2,23,25)(H,24,27)/t17-,18?/m0/s1. The molecular weight excluding hydrogens is 400 g/mol. The topological polar surface area (TPSA) is 132 Å². The largest absolute Gasteiger partial charge is 0.467 e. The molecule has 9 nitrogen and oxygen atoms in total. The van der Waals surface area contributed by atoms with E-state index in [1.165, 1.54) is 12.0 Å². The summed E-state index contributed by atoms with van der Waals surface area (Å²) in [6.45, 7) is 0. The van der Waals surface area contributed by atoms with Gasteiger partial charge in [-0.1, -0.05) is 43.5 Å². The molecule has 1 fully saturated rings. The van der Waals surface area contributed by atoms with Crippen LogP contribution in [0.3, 0.4) is 0 Å². The van der Waals surface area contributed by atoms with Crippen molar-refractivity contribution in [3.05, 3.63) is 35.4 Å². The number of methoxy groups -OCH3 is 1. The van der Waals surface area contributed by atoms with E-state index in [1.807, 2.05) is 0 Å². The van der Waals surface area contributed by atoms with Gasteiger partial charge in [-0.3, -0.25) is 25.7 Å². The summed E-state index contributed by atoms with van der Waals surface area (Å²) < 4.78 is 4.92. The molecule has 2 rings (SSSR count). The number of benzene rings is 1. The second-order valence-electron chi connectivity index (χ2n) is 8.08. The van der Waals surface area contributed by atoms with Gasteiger partial charge in [-0.2, -0.15) is 0 Å². The van der Waals surface area contributed by atoms with Crippen molar-refractivity contribution in [3.63, 3.8) is 0 Å². The summed E-state index contributed by atoms with van der Waals surface area (Å²) in [6.07, 6.45) is 4.91. The van der Waals surface area contributed by atoms with Crippen LogP contribution in [0.2, 0.25) is 0 Å². The smallest absolute Gasteiger partial charge is 0.328 e. The maximum atomic E-state index is 13.1. The number of amidine groups is 1. The third-order valence-corrected chi connectivity index (χ3v) is 5.72. The zero-order valence-electron chi connectivity index (χ0n) is 18.3. The fourth-order valence-corrected chi connectivity index (χ4v) is 3.93. The van der Waals surface area contributed by atoms with Crippen molar-refractivity contribution in [1.82, 2.24) is 15.7 Å². The van der Waals surface area contributed by atoms with Crippen molar-refractivity contribution in [2.24, 2.45) is 11.8 Å². The molecule has 0 heterocycles. The third kappa shape index (κ3) is 6.52. The van der Waals surface area contributed by atoms with E-state index in [2.05, 4.69) is 5.32 Å². The lowest BCUT2D eigenvalue weighted by Gasteiger charge is -2.30. The van der Waals surface area contributed by atoms with Crippen LogP contribution in [0.4, 0.5) is 0 Å². The van der Waals surface area contributed by atoms with Gasteiger partial charge in [-0.25, -0.2) is 4.79 Å². The Balaban J connectivity index is 2.21. The Morgan fingerprint density at radius 2 is 1.77 bits per heavy atom. The van der Waals surface area contributed by atoms with Crippen LogP contribution in [0.5, 0.6) is 0 Å². The first-order valence-corrected chi connectivity index (χ1v) is 10.5. The van der Waals surface area contributed by atoms with E-state index >= 15 is 0 Å². The number of carbonyl (C=O) groups excluding carboxylic acids is 3. The van der Waals surface area contributed by atoms with E-state index < -0.39 is 23.8 Å². The van der Waals surface area contributed by atoms with Gasteiger partial charge in [0, 0.05) is 19.7 Å². The molecule has 1 aliphatic rings. The average Bonchev–Trinajstić information content (AvgIpc) is 2.80. The molecule has 1 saturated carbocycles. The monoisotopic (exact) mass is 432 g/mol. The van der Waals surface area contributed by atoms with Crippen molar-refractivity contribution < 1.29 is 24.3 Å².